The van der Waals surface area contributed by atoms with Gasteiger partial charge in [-0.15, -0.1) is 0 Å². The van der Waals surface area contributed by atoms with E-state index in [1.54, 1.807) is 0 Å². The summed E-state index contributed by atoms with van der Waals surface area (Å²) in [6, 6.07) is 4.18. The zero-order valence-corrected chi connectivity index (χ0v) is 14.9. The molecule has 2 amide bonds. The summed E-state index contributed by atoms with van der Waals surface area (Å²) in [5.74, 6) is 1.64. The summed E-state index contributed by atoms with van der Waals surface area (Å²) in [6.45, 7) is 8.68. The molecule has 1 atom stereocenters. The summed E-state index contributed by atoms with van der Waals surface area (Å²) in [5, 5.41) is 3.02. The van der Waals surface area contributed by atoms with E-state index in [2.05, 4.69) is 46.2 Å². The number of anilines is 1. The monoisotopic (exact) mass is 331 g/mol. The van der Waals surface area contributed by atoms with E-state index in [1.807, 2.05) is 11.1 Å². The maximum Gasteiger partial charge on any atom is 0.317 e. The number of likely N-dealkylation sites (tertiary alicyclic amines) is 1. The third kappa shape index (κ3) is 4.38. The highest BCUT2D eigenvalue weighted by atomic mass is 16.2. The zero-order valence-electron chi connectivity index (χ0n) is 14.9. The Kier molecular flexibility index (Phi) is 5.56. The molecular weight excluding hydrogens is 302 g/mol. The molecule has 0 aromatic carbocycles. The highest BCUT2D eigenvalue weighted by molar-refractivity contribution is 5.74. The maximum absolute atomic E-state index is 12.2. The number of hydrogen-bond acceptors (Lipinski definition) is 4. The molecule has 1 aromatic heterocycles. The first kappa shape index (κ1) is 17.0. The minimum absolute atomic E-state index is 0.0460. The molecule has 2 fully saturated rings. The standard InChI is InChI=1S/C18H29N5O/c1-15-4-3-7-23(14-15)18(24)20-13-16-5-6-17(19-12-16)22-10-8-21(2)9-11-22/h5-6,12,15H,3-4,7-11,13-14H2,1-2H3,(H,20,24). The number of amides is 2. The van der Waals surface area contributed by atoms with Crippen LogP contribution in [0.1, 0.15) is 25.3 Å². The number of carbonyl (C=O) groups is 1. The molecule has 3 heterocycles. The smallest absolute Gasteiger partial charge is 0.317 e. The Bertz CT molecular complexity index is 539. The van der Waals surface area contributed by atoms with Crippen LogP contribution < -0.4 is 10.2 Å². The molecule has 2 aliphatic heterocycles. The van der Waals surface area contributed by atoms with E-state index < -0.39 is 0 Å². The fraction of sp³-hybridized carbons (Fsp3) is 0.667. The van der Waals surface area contributed by atoms with E-state index in [9.17, 15) is 4.79 Å². The largest absolute Gasteiger partial charge is 0.354 e. The molecule has 132 valence electrons. The van der Waals surface area contributed by atoms with Crippen LogP contribution in [0.2, 0.25) is 0 Å². The number of nitrogens with zero attached hydrogens (tertiary/aromatic N) is 4. The molecule has 6 nitrogen and oxygen atoms in total. The van der Waals surface area contributed by atoms with Crippen molar-refractivity contribution in [3.8, 4) is 0 Å². The van der Waals surface area contributed by atoms with Crippen molar-refractivity contribution < 1.29 is 4.79 Å². The number of likely N-dealkylation sites (N-methyl/N-ethyl adjacent to an activating group) is 1. The molecule has 1 aromatic rings. The molecule has 6 heteroatoms. The summed E-state index contributed by atoms with van der Waals surface area (Å²) >= 11 is 0. The van der Waals surface area contributed by atoms with Gasteiger partial charge in [-0.05, 0) is 37.4 Å². The predicted molar refractivity (Wildman–Crippen MR) is 96.2 cm³/mol. The second-order valence-electron chi connectivity index (χ2n) is 7.17. The zero-order chi connectivity index (χ0) is 16.9. The Morgan fingerprint density at radius 1 is 1.25 bits per heavy atom. The number of aromatic nitrogens is 1. The second-order valence-corrected chi connectivity index (χ2v) is 7.17. The number of piperazine rings is 1. The van der Waals surface area contributed by atoms with Crippen LogP contribution in [0.3, 0.4) is 0 Å². The normalized spacial score (nSPS) is 22.5. The molecule has 1 unspecified atom stereocenters. The summed E-state index contributed by atoms with van der Waals surface area (Å²) in [6.07, 6.45) is 4.21. The summed E-state index contributed by atoms with van der Waals surface area (Å²) in [7, 11) is 2.15. The fourth-order valence-corrected chi connectivity index (χ4v) is 3.41. The average molecular weight is 331 g/mol. The molecule has 0 radical (unpaired) electrons. The topological polar surface area (TPSA) is 51.7 Å². The molecular formula is C18H29N5O. The van der Waals surface area contributed by atoms with E-state index in [-0.39, 0.29) is 6.03 Å². The van der Waals surface area contributed by atoms with Crippen LogP contribution in [-0.4, -0.2) is 67.1 Å². The number of hydrogen-bond donors (Lipinski definition) is 1. The van der Waals surface area contributed by atoms with Crippen LogP contribution in [-0.2, 0) is 6.54 Å². The second kappa shape index (κ2) is 7.83. The van der Waals surface area contributed by atoms with Gasteiger partial charge in [-0.25, -0.2) is 9.78 Å². The molecule has 2 aliphatic rings. The van der Waals surface area contributed by atoms with Gasteiger partial charge in [-0.2, -0.15) is 0 Å². The van der Waals surface area contributed by atoms with Crippen LogP contribution in [0.15, 0.2) is 18.3 Å². The minimum Gasteiger partial charge on any atom is -0.354 e. The molecule has 1 N–H and O–H groups in total. The van der Waals surface area contributed by atoms with Crippen molar-refractivity contribution in [1.29, 1.82) is 0 Å². The molecule has 0 bridgehead atoms. The van der Waals surface area contributed by atoms with Gasteiger partial charge in [-0.1, -0.05) is 13.0 Å². The van der Waals surface area contributed by atoms with E-state index in [4.69, 9.17) is 0 Å². The lowest BCUT2D eigenvalue weighted by Crippen LogP contribution is -2.45. The molecule has 3 rings (SSSR count). The van der Waals surface area contributed by atoms with Gasteiger partial charge in [0.05, 0.1) is 0 Å². The van der Waals surface area contributed by atoms with Crippen molar-refractivity contribution in [2.45, 2.75) is 26.3 Å². The maximum atomic E-state index is 12.2. The van der Waals surface area contributed by atoms with E-state index in [0.29, 0.717) is 12.5 Å². The third-order valence-corrected chi connectivity index (χ3v) is 5.02. The first-order chi connectivity index (χ1) is 11.6. The van der Waals surface area contributed by atoms with Crippen molar-refractivity contribution >= 4 is 11.8 Å². The molecule has 24 heavy (non-hydrogen) atoms. The van der Waals surface area contributed by atoms with Crippen molar-refractivity contribution in [3.63, 3.8) is 0 Å². The Hall–Kier alpha value is -1.82. The first-order valence-electron chi connectivity index (χ1n) is 9.03. The van der Waals surface area contributed by atoms with Gasteiger partial charge in [0.15, 0.2) is 0 Å². The Balaban J connectivity index is 1.48. The van der Waals surface area contributed by atoms with Gasteiger partial charge in [0.25, 0.3) is 0 Å². The third-order valence-electron chi connectivity index (χ3n) is 5.02. The summed E-state index contributed by atoms with van der Waals surface area (Å²) in [4.78, 5) is 23.4. The van der Waals surface area contributed by atoms with Gasteiger partial charge >= 0.3 is 6.03 Å². The predicted octanol–water partition coefficient (Wildman–Crippen LogP) is 1.77. The van der Waals surface area contributed by atoms with Crippen molar-refractivity contribution in [2.75, 3.05) is 51.2 Å². The summed E-state index contributed by atoms with van der Waals surface area (Å²) < 4.78 is 0. The number of pyridine rings is 1. The van der Waals surface area contributed by atoms with E-state index >= 15 is 0 Å². The Morgan fingerprint density at radius 2 is 2.04 bits per heavy atom. The highest BCUT2D eigenvalue weighted by Gasteiger charge is 2.20. The minimum atomic E-state index is 0.0460. The van der Waals surface area contributed by atoms with Gasteiger partial charge < -0.3 is 20.0 Å². The van der Waals surface area contributed by atoms with Crippen LogP contribution in [0.5, 0.6) is 0 Å². The quantitative estimate of drug-likeness (QED) is 0.917. The summed E-state index contributed by atoms with van der Waals surface area (Å²) in [5.41, 5.74) is 1.05. The molecule has 0 spiro atoms. The number of urea groups is 1. The van der Waals surface area contributed by atoms with Crippen molar-refractivity contribution in [2.24, 2.45) is 5.92 Å². The van der Waals surface area contributed by atoms with Crippen LogP contribution in [0.25, 0.3) is 0 Å². The average Bonchev–Trinajstić information content (AvgIpc) is 2.61. The van der Waals surface area contributed by atoms with Crippen LogP contribution >= 0.6 is 0 Å². The van der Waals surface area contributed by atoms with Crippen molar-refractivity contribution in [3.05, 3.63) is 23.9 Å². The van der Waals surface area contributed by atoms with E-state index in [1.165, 1.54) is 6.42 Å². The van der Waals surface area contributed by atoms with Gasteiger partial charge in [0.2, 0.25) is 0 Å². The lowest BCUT2D eigenvalue weighted by molar-refractivity contribution is 0.169. The van der Waals surface area contributed by atoms with Gasteiger partial charge in [0.1, 0.15) is 5.82 Å². The lowest BCUT2D eigenvalue weighted by atomic mass is 10.0. The van der Waals surface area contributed by atoms with Gasteiger partial charge in [-0.3, -0.25) is 0 Å². The highest BCUT2D eigenvalue weighted by Crippen LogP contribution is 2.16. The molecule has 0 saturated carbocycles. The number of piperidine rings is 1. The van der Waals surface area contributed by atoms with E-state index in [0.717, 1.165) is 57.1 Å². The lowest BCUT2D eigenvalue weighted by Gasteiger charge is -2.33. The number of carbonyl (C=O) groups excluding carboxylic acids is 1. The Morgan fingerprint density at radius 3 is 2.71 bits per heavy atom. The number of rotatable bonds is 3. The van der Waals surface area contributed by atoms with Gasteiger partial charge in [0, 0.05) is 52.0 Å². The van der Waals surface area contributed by atoms with Crippen LogP contribution in [0.4, 0.5) is 10.6 Å². The fourth-order valence-electron chi connectivity index (χ4n) is 3.41. The van der Waals surface area contributed by atoms with Crippen LogP contribution in [0, 0.1) is 5.92 Å². The van der Waals surface area contributed by atoms with Crippen molar-refractivity contribution in [1.82, 2.24) is 20.1 Å². The molecule has 0 aliphatic carbocycles. The number of nitrogens with one attached hydrogen (secondary N) is 1. The SMILES string of the molecule is CC1CCCN(C(=O)NCc2ccc(N3CCN(C)CC3)nc2)C1. The Labute approximate surface area is 144 Å². The first-order valence-corrected chi connectivity index (χ1v) is 9.03. The molecule has 2 saturated heterocycles.